The average Bonchev–Trinajstić information content (AvgIpc) is 2.25. The number of rotatable bonds is 3. The topological polar surface area (TPSA) is 77.8 Å². The second kappa shape index (κ2) is 5.08. The van der Waals surface area contributed by atoms with Gasteiger partial charge in [-0.15, -0.1) is 0 Å². The number of likely N-dealkylation sites (N-methyl/N-ethyl adjacent to an activating group) is 1. The van der Waals surface area contributed by atoms with E-state index in [2.05, 4.69) is 0 Å². The van der Waals surface area contributed by atoms with Gasteiger partial charge in [0.05, 0.1) is 0 Å². The molecule has 0 spiro atoms. The van der Waals surface area contributed by atoms with Crippen LogP contribution >= 0.6 is 0 Å². The Labute approximate surface area is 106 Å². The summed E-state index contributed by atoms with van der Waals surface area (Å²) >= 11 is 0. The predicted octanol–water partition coefficient (Wildman–Crippen LogP) is 1.61. The smallest absolute Gasteiger partial charge is 0.331 e. The maximum Gasteiger partial charge on any atom is 0.331 e. The van der Waals surface area contributed by atoms with Crippen LogP contribution in [0.25, 0.3) is 0 Å². The Kier molecular flexibility index (Phi) is 3.96. The summed E-state index contributed by atoms with van der Waals surface area (Å²) < 4.78 is 0. The van der Waals surface area contributed by atoms with E-state index in [4.69, 9.17) is 0 Å². The summed E-state index contributed by atoms with van der Waals surface area (Å²) in [4.78, 5) is 23.8. The van der Waals surface area contributed by atoms with Gasteiger partial charge in [-0.05, 0) is 42.7 Å². The first-order valence-electron chi connectivity index (χ1n) is 5.52. The number of benzene rings is 1. The largest absolute Gasteiger partial charge is 0.507 e. The van der Waals surface area contributed by atoms with Crippen molar-refractivity contribution in [2.24, 2.45) is 0 Å². The monoisotopic (exact) mass is 251 g/mol. The van der Waals surface area contributed by atoms with Gasteiger partial charge in [0.2, 0.25) is 5.91 Å². The van der Waals surface area contributed by atoms with Crippen LogP contribution in [0.3, 0.4) is 0 Å². The van der Waals surface area contributed by atoms with Crippen LogP contribution in [0.2, 0.25) is 0 Å². The number of aliphatic carboxylic acids is 1. The second-order valence-electron chi connectivity index (χ2n) is 4.37. The highest BCUT2D eigenvalue weighted by molar-refractivity contribution is 5.83. The van der Waals surface area contributed by atoms with Crippen LogP contribution < -0.4 is 0 Å². The van der Waals surface area contributed by atoms with E-state index in [-0.39, 0.29) is 11.7 Å². The molecule has 0 aromatic heterocycles. The van der Waals surface area contributed by atoms with Gasteiger partial charge in [0.15, 0.2) is 6.04 Å². The van der Waals surface area contributed by atoms with E-state index in [1.807, 2.05) is 0 Å². The van der Waals surface area contributed by atoms with Crippen molar-refractivity contribution in [3.8, 4) is 5.75 Å². The molecule has 0 heterocycles. The Morgan fingerprint density at radius 1 is 1.22 bits per heavy atom. The number of carbonyl (C=O) groups is 2. The maximum atomic E-state index is 11.3. The molecule has 0 radical (unpaired) electrons. The number of carboxylic acids is 1. The van der Waals surface area contributed by atoms with Crippen LogP contribution in [0.15, 0.2) is 12.1 Å². The van der Waals surface area contributed by atoms with Crippen molar-refractivity contribution in [2.75, 3.05) is 7.05 Å². The van der Waals surface area contributed by atoms with Gasteiger partial charge in [-0.25, -0.2) is 4.79 Å². The van der Waals surface area contributed by atoms with Crippen molar-refractivity contribution in [1.82, 2.24) is 4.90 Å². The highest BCUT2D eigenvalue weighted by Gasteiger charge is 2.27. The Balaban J connectivity index is 3.31. The minimum Gasteiger partial charge on any atom is -0.507 e. The Bertz CT molecular complexity index is 473. The standard InChI is InChI=1S/C13H17NO4/c1-7-5-10(6-8(2)12(7)16)11(13(17)18)14(4)9(3)15/h5-6,11,16H,1-4H3,(H,17,18). The third kappa shape index (κ3) is 2.61. The lowest BCUT2D eigenvalue weighted by Crippen LogP contribution is -2.34. The van der Waals surface area contributed by atoms with Crippen molar-refractivity contribution in [2.45, 2.75) is 26.8 Å². The molecule has 0 aliphatic rings. The summed E-state index contributed by atoms with van der Waals surface area (Å²) in [7, 11) is 1.44. The number of amides is 1. The van der Waals surface area contributed by atoms with Gasteiger partial charge in [0.1, 0.15) is 5.75 Å². The van der Waals surface area contributed by atoms with E-state index in [9.17, 15) is 19.8 Å². The lowest BCUT2D eigenvalue weighted by molar-refractivity contribution is -0.148. The van der Waals surface area contributed by atoms with Gasteiger partial charge in [0.25, 0.3) is 0 Å². The van der Waals surface area contributed by atoms with Crippen molar-refractivity contribution in [1.29, 1.82) is 0 Å². The summed E-state index contributed by atoms with van der Waals surface area (Å²) in [6.45, 7) is 4.70. The number of carbonyl (C=O) groups excluding carboxylic acids is 1. The van der Waals surface area contributed by atoms with Gasteiger partial charge in [-0.3, -0.25) is 4.79 Å². The zero-order chi connectivity index (χ0) is 14.0. The molecule has 2 N–H and O–H groups in total. The molecule has 1 rings (SSSR count). The molecule has 18 heavy (non-hydrogen) atoms. The number of phenols is 1. The van der Waals surface area contributed by atoms with Gasteiger partial charge in [-0.2, -0.15) is 0 Å². The van der Waals surface area contributed by atoms with E-state index in [1.165, 1.54) is 14.0 Å². The predicted molar refractivity (Wildman–Crippen MR) is 66.4 cm³/mol. The number of phenolic OH excluding ortho intramolecular Hbond substituents is 1. The number of hydrogen-bond donors (Lipinski definition) is 2. The summed E-state index contributed by atoms with van der Waals surface area (Å²) in [6.07, 6.45) is 0. The van der Waals surface area contributed by atoms with E-state index in [0.717, 1.165) is 4.90 Å². The van der Waals surface area contributed by atoms with Crippen LogP contribution in [0.5, 0.6) is 5.75 Å². The van der Waals surface area contributed by atoms with Gasteiger partial charge < -0.3 is 15.1 Å². The molecule has 0 aliphatic carbocycles. The Morgan fingerprint density at radius 3 is 2.00 bits per heavy atom. The van der Waals surface area contributed by atoms with Crippen LogP contribution in [-0.2, 0) is 9.59 Å². The molecule has 1 atom stereocenters. The molecule has 5 nitrogen and oxygen atoms in total. The molecule has 0 saturated carbocycles. The molecule has 1 aromatic carbocycles. The first-order valence-corrected chi connectivity index (χ1v) is 5.52. The van der Waals surface area contributed by atoms with E-state index < -0.39 is 12.0 Å². The molecular formula is C13H17NO4. The van der Waals surface area contributed by atoms with Crippen molar-refractivity contribution < 1.29 is 19.8 Å². The normalized spacial score (nSPS) is 12.0. The maximum absolute atomic E-state index is 11.3. The average molecular weight is 251 g/mol. The minimum atomic E-state index is -1.10. The number of aryl methyl sites for hydroxylation is 2. The zero-order valence-corrected chi connectivity index (χ0v) is 10.9. The van der Waals surface area contributed by atoms with Crippen molar-refractivity contribution >= 4 is 11.9 Å². The van der Waals surface area contributed by atoms with Crippen molar-refractivity contribution in [3.63, 3.8) is 0 Å². The molecule has 1 aromatic rings. The number of hydrogen-bond acceptors (Lipinski definition) is 3. The van der Waals surface area contributed by atoms with Crippen molar-refractivity contribution in [3.05, 3.63) is 28.8 Å². The first-order chi connectivity index (χ1) is 8.25. The van der Waals surface area contributed by atoms with Crippen LogP contribution in [0, 0.1) is 13.8 Å². The van der Waals surface area contributed by atoms with Gasteiger partial charge >= 0.3 is 5.97 Å². The highest BCUT2D eigenvalue weighted by atomic mass is 16.4. The summed E-state index contributed by atoms with van der Waals surface area (Å²) in [5, 5.41) is 18.9. The Hall–Kier alpha value is -2.04. The summed E-state index contributed by atoms with van der Waals surface area (Å²) in [5.74, 6) is -1.28. The van der Waals surface area contributed by atoms with Gasteiger partial charge in [-0.1, -0.05) is 0 Å². The zero-order valence-electron chi connectivity index (χ0n) is 10.9. The fourth-order valence-electron chi connectivity index (χ4n) is 1.86. The van der Waals surface area contributed by atoms with E-state index in [1.54, 1.807) is 26.0 Å². The molecule has 0 saturated heterocycles. The number of nitrogens with zero attached hydrogens (tertiary/aromatic N) is 1. The lowest BCUT2D eigenvalue weighted by atomic mass is 9.99. The fourth-order valence-corrected chi connectivity index (χ4v) is 1.86. The first kappa shape index (κ1) is 14.0. The number of carboxylic acid groups (broad SMARTS) is 1. The van der Waals surface area contributed by atoms with Crippen LogP contribution in [-0.4, -0.2) is 34.0 Å². The molecule has 1 unspecified atom stereocenters. The van der Waals surface area contributed by atoms with Crippen LogP contribution in [0.4, 0.5) is 0 Å². The van der Waals surface area contributed by atoms with E-state index in [0.29, 0.717) is 16.7 Å². The fraction of sp³-hybridized carbons (Fsp3) is 0.385. The van der Waals surface area contributed by atoms with Crippen LogP contribution in [0.1, 0.15) is 29.7 Å². The third-order valence-electron chi connectivity index (χ3n) is 2.95. The summed E-state index contributed by atoms with van der Waals surface area (Å²) in [5.41, 5.74) is 1.66. The minimum absolute atomic E-state index is 0.147. The SMILES string of the molecule is CC(=O)N(C)C(C(=O)O)c1cc(C)c(O)c(C)c1. The molecular weight excluding hydrogens is 234 g/mol. The lowest BCUT2D eigenvalue weighted by Gasteiger charge is -2.24. The molecule has 98 valence electrons. The number of aromatic hydroxyl groups is 1. The molecule has 5 heteroatoms. The van der Waals surface area contributed by atoms with E-state index >= 15 is 0 Å². The van der Waals surface area contributed by atoms with Gasteiger partial charge in [0, 0.05) is 14.0 Å². The second-order valence-corrected chi connectivity index (χ2v) is 4.37. The summed E-state index contributed by atoms with van der Waals surface area (Å²) in [6, 6.07) is 2.13. The molecule has 0 aliphatic heterocycles. The quantitative estimate of drug-likeness (QED) is 0.855. The highest BCUT2D eigenvalue weighted by Crippen LogP contribution is 2.28. The molecule has 0 fully saturated rings. The third-order valence-corrected chi connectivity index (χ3v) is 2.95. The Morgan fingerprint density at radius 2 is 1.67 bits per heavy atom. The molecule has 0 bridgehead atoms. The molecule has 1 amide bonds.